The summed E-state index contributed by atoms with van der Waals surface area (Å²) >= 11 is 0. The summed E-state index contributed by atoms with van der Waals surface area (Å²) in [6, 6.07) is 2.00. The zero-order valence-corrected chi connectivity index (χ0v) is 12.8. The molecule has 0 aliphatic rings. The minimum absolute atomic E-state index is 0.769. The zero-order chi connectivity index (χ0) is 14.7. The Balaban J connectivity index is 2.29. The Bertz CT molecular complexity index is 592. The van der Waals surface area contributed by atoms with Crippen LogP contribution in [0.3, 0.4) is 0 Å². The number of hydrogen-bond donors (Lipinski definition) is 1. The summed E-state index contributed by atoms with van der Waals surface area (Å²) in [4.78, 5) is 11.2. The van der Waals surface area contributed by atoms with Crippen molar-refractivity contribution in [2.24, 2.45) is 0 Å². The van der Waals surface area contributed by atoms with Crippen LogP contribution in [-0.4, -0.2) is 23.6 Å². The molecule has 2 heterocycles. The van der Waals surface area contributed by atoms with Crippen LogP contribution in [0.1, 0.15) is 29.6 Å². The van der Waals surface area contributed by atoms with Crippen molar-refractivity contribution >= 4 is 11.6 Å². The number of aromatic nitrogens is 2. The van der Waals surface area contributed by atoms with Crippen molar-refractivity contribution in [1.82, 2.24) is 9.97 Å². The van der Waals surface area contributed by atoms with Crippen molar-refractivity contribution in [3.05, 3.63) is 35.0 Å². The molecule has 0 saturated carbocycles. The van der Waals surface area contributed by atoms with E-state index in [-0.39, 0.29) is 0 Å². The molecular formula is C15H22N4O. The Morgan fingerprint density at radius 3 is 2.60 bits per heavy atom. The van der Waals surface area contributed by atoms with Crippen LogP contribution in [-0.2, 0) is 6.54 Å². The van der Waals surface area contributed by atoms with E-state index < -0.39 is 0 Å². The second-order valence-corrected chi connectivity index (χ2v) is 4.96. The Hall–Kier alpha value is -2.04. The van der Waals surface area contributed by atoms with Gasteiger partial charge in [0.15, 0.2) is 0 Å². The number of aryl methyl sites for hydroxylation is 2. The van der Waals surface area contributed by atoms with Crippen LogP contribution >= 0.6 is 0 Å². The van der Waals surface area contributed by atoms with Crippen LogP contribution in [0, 0.1) is 20.8 Å². The molecule has 0 amide bonds. The van der Waals surface area contributed by atoms with E-state index in [2.05, 4.69) is 27.1 Å². The summed E-state index contributed by atoms with van der Waals surface area (Å²) in [5.74, 6) is 3.59. The third kappa shape index (κ3) is 2.92. The molecule has 1 N–H and O–H groups in total. The molecular weight excluding hydrogens is 252 g/mol. The third-order valence-corrected chi connectivity index (χ3v) is 3.31. The molecule has 2 aromatic heterocycles. The highest BCUT2D eigenvalue weighted by Gasteiger charge is 2.14. The fourth-order valence-electron chi connectivity index (χ4n) is 2.23. The van der Waals surface area contributed by atoms with Gasteiger partial charge in [0.1, 0.15) is 23.2 Å². The number of hydrogen-bond acceptors (Lipinski definition) is 5. The molecule has 5 nitrogen and oxygen atoms in total. The van der Waals surface area contributed by atoms with Gasteiger partial charge >= 0.3 is 0 Å². The van der Waals surface area contributed by atoms with Gasteiger partial charge in [-0.05, 0) is 33.8 Å². The second-order valence-electron chi connectivity index (χ2n) is 4.96. The standard InChI is InChI=1S/C15H22N4O/c1-6-16-14-10(2)15(18-12(4)17-14)19(5)9-13-7-8-20-11(13)3/h7-8H,6,9H2,1-5H3,(H,16,17,18). The average molecular weight is 274 g/mol. The fraction of sp³-hybridized carbons (Fsp3) is 0.467. The number of furan rings is 1. The third-order valence-electron chi connectivity index (χ3n) is 3.31. The first kappa shape index (κ1) is 14.4. The van der Waals surface area contributed by atoms with Gasteiger partial charge in [0.05, 0.1) is 6.26 Å². The van der Waals surface area contributed by atoms with Gasteiger partial charge in [-0.3, -0.25) is 0 Å². The van der Waals surface area contributed by atoms with E-state index in [0.29, 0.717) is 0 Å². The van der Waals surface area contributed by atoms with Gasteiger partial charge in [-0.25, -0.2) is 9.97 Å². The van der Waals surface area contributed by atoms with Gasteiger partial charge in [-0.1, -0.05) is 0 Å². The molecule has 0 aliphatic carbocycles. The summed E-state index contributed by atoms with van der Waals surface area (Å²) in [6.45, 7) is 9.62. The lowest BCUT2D eigenvalue weighted by atomic mass is 10.2. The van der Waals surface area contributed by atoms with Crippen molar-refractivity contribution < 1.29 is 4.42 Å². The van der Waals surface area contributed by atoms with Gasteiger partial charge in [0.25, 0.3) is 0 Å². The highest BCUT2D eigenvalue weighted by atomic mass is 16.3. The van der Waals surface area contributed by atoms with Crippen molar-refractivity contribution in [1.29, 1.82) is 0 Å². The maximum atomic E-state index is 5.35. The fourth-order valence-corrected chi connectivity index (χ4v) is 2.23. The van der Waals surface area contributed by atoms with Gasteiger partial charge in [-0.15, -0.1) is 0 Å². The van der Waals surface area contributed by atoms with E-state index in [0.717, 1.165) is 41.9 Å². The van der Waals surface area contributed by atoms with Crippen molar-refractivity contribution in [3.8, 4) is 0 Å². The molecule has 2 aromatic rings. The number of nitrogens with zero attached hydrogens (tertiary/aromatic N) is 3. The molecule has 0 aliphatic heterocycles. The van der Waals surface area contributed by atoms with Crippen molar-refractivity contribution in [2.45, 2.75) is 34.2 Å². The number of anilines is 2. The van der Waals surface area contributed by atoms with Crippen LogP contribution < -0.4 is 10.2 Å². The smallest absolute Gasteiger partial charge is 0.137 e. The molecule has 0 aromatic carbocycles. The summed E-state index contributed by atoms with van der Waals surface area (Å²) in [7, 11) is 2.04. The quantitative estimate of drug-likeness (QED) is 0.908. The minimum Gasteiger partial charge on any atom is -0.469 e. The van der Waals surface area contributed by atoms with Crippen LogP contribution in [0.25, 0.3) is 0 Å². The van der Waals surface area contributed by atoms with E-state index >= 15 is 0 Å². The zero-order valence-electron chi connectivity index (χ0n) is 12.8. The first-order valence-corrected chi connectivity index (χ1v) is 6.86. The van der Waals surface area contributed by atoms with Gasteiger partial charge in [-0.2, -0.15) is 0 Å². The summed E-state index contributed by atoms with van der Waals surface area (Å²) in [5, 5.41) is 3.29. The van der Waals surface area contributed by atoms with Gasteiger partial charge in [0.2, 0.25) is 0 Å². The van der Waals surface area contributed by atoms with E-state index in [9.17, 15) is 0 Å². The second kappa shape index (κ2) is 5.94. The lowest BCUT2D eigenvalue weighted by Gasteiger charge is -2.21. The van der Waals surface area contributed by atoms with E-state index in [1.807, 2.05) is 33.9 Å². The molecule has 0 saturated heterocycles. The van der Waals surface area contributed by atoms with E-state index in [4.69, 9.17) is 4.42 Å². The molecule has 0 atom stereocenters. The monoisotopic (exact) mass is 274 g/mol. The molecule has 0 bridgehead atoms. The molecule has 0 unspecified atom stereocenters. The Morgan fingerprint density at radius 1 is 1.25 bits per heavy atom. The topological polar surface area (TPSA) is 54.2 Å². The van der Waals surface area contributed by atoms with Crippen molar-refractivity contribution in [2.75, 3.05) is 23.8 Å². The van der Waals surface area contributed by atoms with E-state index in [1.165, 1.54) is 5.56 Å². The molecule has 2 rings (SSSR count). The van der Waals surface area contributed by atoms with Crippen LogP contribution in [0.4, 0.5) is 11.6 Å². The average Bonchev–Trinajstić information content (AvgIpc) is 2.79. The molecule has 20 heavy (non-hydrogen) atoms. The highest BCUT2D eigenvalue weighted by molar-refractivity contribution is 5.58. The highest BCUT2D eigenvalue weighted by Crippen LogP contribution is 2.24. The molecule has 0 spiro atoms. The molecule has 0 radical (unpaired) electrons. The lowest BCUT2D eigenvalue weighted by molar-refractivity contribution is 0.529. The minimum atomic E-state index is 0.769. The first-order chi connectivity index (χ1) is 9.52. The van der Waals surface area contributed by atoms with Crippen molar-refractivity contribution in [3.63, 3.8) is 0 Å². The maximum absolute atomic E-state index is 5.35. The SMILES string of the molecule is CCNc1nc(C)nc(N(C)Cc2ccoc2C)c1C. The molecule has 108 valence electrons. The van der Waals surface area contributed by atoms with Gasteiger partial charge in [0, 0.05) is 31.3 Å². The summed E-state index contributed by atoms with van der Waals surface area (Å²) < 4.78 is 5.35. The maximum Gasteiger partial charge on any atom is 0.137 e. The largest absolute Gasteiger partial charge is 0.469 e. The van der Waals surface area contributed by atoms with Gasteiger partial charge < -0.3 is 14.6 Å². The van der Waals surface area contributed by atoms with Crippen LogP contribution in [0.5, 0.6) is 0 Å². The summed E-state index contributed by atoms with van der Waals surface area (Å²) in [5.41, 5.74) is 2.24. The summed E-state index contributed by atoms with van der Waals surface area (Å²) in [6.07, 6.45) is 1.72. The number of nitrogens with one attached hydrogen (secondary N) is 1. The predicted molar refractivity (Wildman–Crippen MR) is 81.2 cm³/mol. The first-order valence-electron chi connectivity index (χ1n) is 6.86. The Labute approximate surface area is 120 Å². The molecule has 0 fully saturated rings. The molecule has 5 heteroatoms. The number of rotatable bonds is 5. The Morgan fingerprint density at radius 2 is 2.00 bits per heavy atom. The predicted octanol–water partition coefficient (Wildman–Crippen LogP) is 3.06. The Kier molecular flexibility index (Phi) is 4.27. The van der Waals surface area contributed by atoms with Crippen LogP contribution in [0.2, 0.25) is 0 Å². The van der Waals surface area contributed by atoms with E-state index in [1.54, 1.807) is 6.26 Å². The lowest BCUT2D eigenvalue weighted by Crippen LogP contribution is -2.20. The normalized spacial score (nSPS) is 10.7. The van der Waals surface area contributed by atoms with Crippen LogP contribution in [0.15, 0.2) is 16.7 Å².